The molecular formula is C14H9FO4. The van der Waals surface area contributed by atoms with Crippen molar-refractivity contribution in [1.29, 1.82) is 0 Å². The number of fused-ring (bicyclic) bond motifs is 1. The smallest absolute Gasteiger partial charge is 0.338 e. The fourth-order valence-corrected chi connectivity index (χ4v) is 1.94. The van der Waals surface area contributed by atoms with Crippen LogP contribution in [0.4, 0.5) is 4.39 Å². The van der Waals surface area contributed by atoms with E-state index in [1.54, 1.807) is 24.3 Å². The number of halogens is 1. The van der Waals surface area contributed by atoms with Crippen LogP contribution in [-0.4, -0.2) is 17.9 Å². The van der Waals surface area contributed by atoms with Gasteiger partial charge in [0.15, 0.2) is 11.5 Å². The molecule has 0 atom stereocenters. The predicted molar refractivity (Wildman–Crippen MR) is 64.9 cm³/mol. The predicted octanol–water partition coefficient (Wildman–Crippen LogP) is 2.92. The Morgan fingerprint density at radius 1 is 1.05 bits per heavy atom. The summed E-state index contributed by atoms with van der Waals surface area (Å²) in [7, 11) is 0. The van der Waals surface area contributed by atoms with Gasteiger partial charge in [-0.2, -0.15) is 0 Å². The van der Waals surface area contributed by atoms with Gasteiger partial charge in [0.25, 0.3) is 0 Å². The lowest BCUT2D eigenvalue weighted by Gasteiger charge is -2.05. The van der Waals surface area contributed by atoms with Crippen LogP contribution < -0.4 is 9.47 Å². The van der Waals surface area contributed by atoms with E-state index in [2.05, 4.69) is 0 Å². The number of carboxylic acids is 1. The number of hydrogen-bond donors (Lipinski definition) is 1. The topological polar surface area (TPSA) is 55.8 Å². The van der Waals surface area contributed by atoms with Gasteiger partial charge in [0.05, 0.1) is 5.56 Å². The van der Waals surface area contributed by atoms with Crippen molar-refractivity contribution in [2.45, 2.75) is 0 Å². The van der Waals surface area contributed by atoms with Crippen LogP contribution in [0.1, 0.15) is 10.4 Å². The molecule has 2 aromatic rings. The van der Waals surface area contributed by atoms with Crippen LogP contribution in [-0.2, 0) is 0 Å². The highest BCUT2D eigenvalue weighted by Gasteiger charge is 2.15. The van der Waals surface area contributed by atoms with Gasteiger partial charge < -0.3 is 14.6 Å². The van der Waals surface area contributed by atoms with Crippen molar-refractivity contribution in [3.63, 3.8) is 0 Å². The summed E-state index contributed by atoms with van der Waals surface area (Å²) in [5, 5.41) is 8.78. The van der Waals surface area contributed by atoms with Crippen molar-refractivity contribution in [3.05, 3.63) is 47.8 Å². The minimum absolute atomic E-state index is 0.172. The maximum absolute atomic E-state index is 13.6. The molecule has 0 amide bonds. The van der Waals surface area contributed by atoms with Gasteiger partial charge in [-0.25, -0.2) is 9.18 Å². The number of carboxylic acid groups (broad SMARTS) is 1. The van der Waals surface area contributed by atoms with E-state index in [4.69, 9.17) is 14.6 Å². The Kier molecular flexibility index (Phi) is 2.59. The van der Waals surface area contributed by atoms with Crippen LogP contribution in [0.3, 0.4) is 0 Å². The number of carbonyl (C=O) groups is 1. The van der Waals surface area contributed by atoms with E-state index in [1.165, 1.54) is 12.1 Å². The van der Waals surface area contributed by atoms with Crippen molar-refractivity contribution in [3.8, 4) is 22.6 Å². The summed E-state index contributed by atoms with van der Waals surface area (Å²) >= 11 is 0. The molecule has 0 saturated heterocycles. The first-order chi connectivity index (χ1) is 9.15. The van der Waals surface area contributed by atoms with Crippen molar-refractivity contribution >= 4 is 5.97 Å². The number of benzene rings is 2. The summed E-state index contributed by atoms with van der Waals surface area (Å²) in [6.45, 7) is 0.172. The molecule has 0 fully saturated rings. The molecule has 3 rings (SSSR count). The second-order valence-corrected chi connectivity index (χ2v) is 4.07. The molecule has 0 unspecified atom stereocenters. The number of aromatic carboxylic acids is 1. The van der Waals surface area contributed by atoms with E-state index in [0.717, 1.165) is 5.56 Å². The lowest BCUT2D eigenvalue weighted by atomic mass is 10.0. The van der Waals surface area contributed by atoms with Gasteiger partial charge in [-0.1, -0.05) is 12.1 Å². The first-order valence-corrected chi connectivity index (χ1v) is 5.58. The zero-order valence-corrected chi connectivity index (χ0v) is 9.72. The van der Waals surface area contributed by atoms with Crippen LogP contribution in [0.15, 0.2) is 36.4 Å². The first-order valence-electron chi connectivity index (χ1n) is 5.58. The fraction of sp³-hybridized carbons (Fsp3) is 0.0714. The molecule has 1 aliphatic heterocycles. The standard InChI is InChI=1S/C14H9FO4/c15-11-5-8(1-3-10(11)14(16)17)9-2-4-12-13(6-9)19-7-18-12/h1-6H,7H2,(H,16,17). The summed E-state index contributed by atoms with van der Waals surface area (Å²) in [5.41, 5.74) is 0.977. The number of hydrogen-bond acceptors (Lipinski definition) is 3. The summed E-state index contributed by atoms with van der Waals surface area (Å²) < 4.78 is 24.1. The number of rotatable bonds is 2. The third-order valence-corrected chi connectivity index (χ3v) is 2.91. The van der Waals surface area contributed by atoms with Crippen molar-refractivity contribution in [2.75, 3.05) is 6.79 Å². The first kappa shape index (κ1) is 11.5. The van der Waals surface area contributed by atoms with Crippen LogP contribution in [0.25, 0.3) is 11.1 Å². The molecule has 96 valence electrons. The van der Waals surface area contributed by atoms with E-state index in [0.29, 0.717) is 17.1 Å². The van der Waals surface area contributed by atoms with Gasteiger partial charge in [-0.05, 0) is 35.4 Å². The lowest BCUT2D eigenvalue weighted by Crippen LogP contribution is -2.00. The minimum atomic E-state index is -1.28. The third-order valence-electron chi connectivity index (χ3n) is 2.91. The summed E-state index contributed by atoms with van der Waals surface area (Å²) in [6.07, 6.45) is 0. The maximum atomic E-state index is 13.6. The molecule has 19 heavy (non-hydrogen) atoms. The van der Waals surface area contributed by atoms with Gasteiger partial charge in [0.1, 0.15) is 5.82 Å². The minimum Gasteiger partial charge on any atom is -0.478 e. The number of ether oxygens (including phenoxy) is 2. The fourth-order valence-electron chi connectivity index (χ4n) is 1.94. The molecule has 0 saturated carbocycles. The van der Waals surface area contributed by atoms with Crippen LogP contribution in [0, 0.1) is 5.82 Å². The molecule has 0 spiro atoms. The largest absolute Gasteiger partial charge is 0.478 e. The lowest BCUT2D eigenvalue weighted by molar-refractivity contribution is 0.0692. The van der Waals surface area contributed by atoms with E-state index in [9.17, 15) is 9.18 Å². The highest BCUT2D eigenvalue weighted by Crippen LogP contribution is 2.36. The zero-order valence-electron chi connectivity index (χ0n) is 9.72. The monoisotopic (exact) mass is 260 g/mol. The second kappa shape index (κ2) is 4.28. The van der Waals surface area contributed by atoms with Gasteiger partial charge in [-0.3, -0.25) is 0 Å². The van der Waals surface area contributed by atoms with Crippen molar-refractivity contribution < 1.29 is 23.8 Å². The van der Waals surface area contributed by atoms with E-state index in [-0.39, 0.29) is 12.4 Å². The van der Waals surface area contributed by atoms with E-state index >= 15 is 0 Å². The average Bonchev–Trinajstić information content (AvgIpc) is 2.85. The molecule has 5 heteroatoms. The Hall–Kier alpha value is -2.56. The molecule has 1 heterocycles. The summed E-state index contributed by atoms with van der Waals surface area (Å²) in [5.74, 6) is -0.802. The second-order valence-electron chi connectivity index (χ2n) is 4.07. The van der Waals surface area contributed by atoms with Crippen LogP contribution >= 0.6 is 0 Å². The molecule has 0 aromatic heterocycles. The Bertz CT molecular complexity index is 666. The van der Waals surface area contributed by atoms with Gasteiger partial charge in [-0.15, -0.1) is 0 Å². The maximum Gasteiger partial charge on any atom is 0.338 e. The SMILES string of the molecule is O=C(O)c1ccc(-c2ccc3c(c2)OCO3)cc1F. The molecular weight excluding hydrogens is 251 g/mol. The third kappa shape index (κ3) is 1.99. The quantitative estimate of drug-likeness (QED) is 0.902. The molecule has 0 bridgehead atoms. The van der Waals surface area contributed by atoms with Crippen LogP contribution in [0.5, 0.6) is 11.5 Å². The summed E-state index contributed by atoms with van der Waals surface area (Å²) in [4.78, 5) is 10.7. The van der Waals surface area contributed by atoms with E-state index < -0.39 is 11.8 Å². The van der Waals surface area contributed by atoms with Gasteiger partial charge in [0.2, 0.25) is 6.79 Å². The van der Waals surface area contributed by atoms with Crippen molar-refractivity contribution in [2.24, 2.45) is 0 Å². The molecule has 1 N–H and O–H groups in total. The van der Waals surface area contributed by atoms with E-state index in [1.807, 2.05) is 0 Å². The molecule has 1 aliphatic rings. The molecule has 4 nitrogen and oxygen atoms in total. The zero-order chi connectivity index (χ0) is 13.4. The Morgan fingerprint density at radius 2 is 1.74 bits per heavy atom. The van der Waals surface area contributed by atoms with Gasteiger partial charge in [0, 0.05) is 0 Å². The average molecular weight is 260 g/mol. The highest BCUT2D eigenvalue weighted by molar-refractivity contribution is 5.88. The summed E-state index contributed by atoms with van der Waals surface area (Å²) in [6, 6.07) is 9.24. The highest BCUT2D eigenvalue weighted by atomic mass is 19.1. The Morgan fingerprint density at radius 3 is 2.47 bits per heavy atom. The van der Waals surface area contributed by atoms with Crippen LogP contribution in [0.2, 0.25) is 0 Å². The molecule has 0 aliphatic carbocycles. The molecule has 0 radical (unpaired) electrons. The Labute approximate surface area is 108 Å². The van der Waals surface area contributed by atoms with Gasteiger partial charge >= 0.3 is 5.97 Å². The Balaban J connectivity index is 2.03. The van der Waals surface area contributed by atoms with Crippen molar-refractivity contribution in [1.82, 2.24) is 0 Å². The molecule has 2 aromatic carbocycles. The normalized spacial score (nSPS) is 12.5.